The lowest BCUT2D eigenvalue weighted by Gasteiger charge is -2.16. The van der Waals surface area contributed by atoms with Crippen molar-refractivity contribution >= 4 is 51.2 Å². The van der Waals surface area contributed by atoms with Crippen LogP contribution in [0, 0.1) is 3.57 Å². The lowest BCUT2D eigenvalue weighted by Crippen LogP contribution is -2.45. The zero-order chi connectivity index (χ0) is 23.0. The number of fused-ring (bicyclic) bond motifs is 1. The summed E-state index contributed by atoms with van der Waals surface area (Å²) in [5.74, 6) is -0.834. The summed E-state index contributed by atoms with van der Waals surface area (Å²) in [6.07, 6.45) is -8.49. The second-order valence-electron chi connectivity index (χ2n) is 6.94. The molecule has 0 unspecified atom stereocenters. The minimum Gasteiger partial charge on any atom is -0.387 e. The molecule has 3 aromatic rings. The van der Waals surface area contributed by atoms with Crippen molar-refractivity contribution in [1.29, 1.82) is 0 Å². The maximum atomic E-state index is 12.4. The highest BCUT2D eigenvalue weighted by atomic mass is 127. The fraction of sp³-hybridized carbons (Fsp3) is 0.333. The standard InChI is InChI=1S/C18H16F3IN6O4/c19-18(20,21)5-23-16(31)13-11(29)12(30)17(32-13)28-7-26-10-14(24-6-25-15(10)28)27-9-3-1-2-8(22)4-9/h1-4,6-7,11-13,17,29-30H,5H2,(H,23,31)(H,24,25,27)/t11-,12+,13-,17+/m0/s1. The van der Waals surface area contributed by atoms with Gasteiger partial charge in [-0.25, -0.2) is 15.0 Å². The summed E-state index contributed by atoms with van der Waals surface area (Å²) in [5, 5.41) is 25.3. The van der Waals surface area contributed by atoms with Gasteiger partial charge < -0.3 is 25.6 Å². The molecule has 0 radical (unpaired) electrons. The molecule has 4 N–H and O–H groups in total. The first-order valence-corrected chi connectivity index (χ1v) is 10.3. The number of hydrogen-bond donors (Lipinski definition) is 4. The van der Waals surface area contributed by atoms with Crippen LogP contribution >= 0.6 is 22.6 Å². The van der Waals surface area contributed by atoms with E-state index in [4.69, 9.17) is 4.74 Å². The van der Waals surface area contributed by atoms with Gasteiger partial charge in [-0.2, -0.15) is 13.2 Å². The summed E-state index contributed by atoms with van der Waals surface area (Å²) in [5.41, 5.74) is 1.29. The maximum absolute atomic E-state index is 12.4. The molecular formula is C18H16F3IN6O4. The zero-order valence-electron chi connectivity index (χ0n) is 16.0. The molecule has 1 aliphatic rings. The van der Waals surface area contributed by atoms with E-state index in [9.17, 15) is 28.2 Å². The zero-order valence-corrected chi connectivity index (χ0v) is 18.1. The first-order chi connectivity index (χ1) is 15.1. The van der Waals surface area contributed by atoms with Crippen LogP contribution in [0.3, 0.4) is 0 Å². The average molecular weight is 564 g/mol. The van der Waals surface area contributed by atoms with Crippen LogP contribution in [0.1, 0.15) is 6.23 Å². The number of imidazole rings is 1. The third-order valence-corrected chi connectivity index (χ3v) is 5.35. The number of alkyl halides is 3. The summed E-state index contributed by atoms with van der Waals surface area (Å²) < 4.78 is 44.8. The smallest absolute Gasteiger partial charge is 0.387 e. The third kappa shape index (κ3) is 4.62. The van der Waals surface area contributed by atoms with Crippen molar-refractivity contribution in [2.45, 2.75) is 30.7 Å². The number of nitrogens with zero attached hydrogens (tertiary/aromatic N) is 4. The Kier molecular flexibility index (Phi) is 6.19. The fourth-order valence-corrected chi connectivity index (χ4v) is 3.77. The lowest BCUT2D eigenvalue weighted by atomic mass is 10.1. The minimum absolute atomic E-state index is 0.223. The largest absolute Gasteiger partial charge is 0.405 e. The van der Waals surface area contributed by atoms with Crippen molar-refractivity contribution in [3.63, 3.8) is 0 Å². The van der Waals surface area contributed by atoms with Gasteiger partial charge in [-0.05, 0) is 40.8 Å². The predicted octanol–water partition coefficient (Wildman–Crippen LogP) is 1.47. The molecule has 1 amide bonds. The Morgan fingerprint density at radius 1 is 1.22 bits per heavy atom. The van der Waals surface area contributed by atoms with Crippen LogP contribution in [0.2, 0.25) is 0 Å². The molecule has 3 heterocycles. The van der Waals surface area contributed by atoms with E-state index in [1.165, 1.54) is 17.2 Å². The Bertz CT molecular complexity index is 1140. The topological polar surface area (TPSA) is 134 Å². The highest BCUT2D eigenvalue weighted by Crippen LogP contribution is 2.33. The molecule has 14 heteroatoms. The minimum atomic E-state index is -4.63. The lowest BCUT2D eigenvalue weighted by molar-refractivity contribution is -0.149. The van der Waals surface area contributed by atoms with E-state index in [2.05, 4.69) is 42.9 Å². The first kappa shape index (κ1) is 22.6. The molecule has 10 nitrogen and oxygen atoms in total. The number of carbonyl (C=O) groups excluding carboxylic acids is 1. The van der Waals surface area contributed by atoms with Crippen molar-refractivity contribution in [1.82, 2.24) is 24.8 Å². The van der Waals surface area contributed by atoms with Gasteiger partial charge in [-0.1, -0.05) is 6.07 Å². The van der Waals surface area contributed by atoms with E-state index in [0.29, 0.717) is 11.3 Å². The molecule has 0 spiro atoms. The summed E-state index contributed by atoms with van der Waals surface area (Å²) >= 11 is 2.16. The number of rotatable bonds is 5. The SMILES string of the molecule is O=C(NCC(F)(F)F)[C@H]1O[C@@H](n2cnc3c(Nc4cccc(I)c4)ncnc32)[C@H](O)[C@@H]1O. The second kappa shape index (κ2) is 8.76. The van der Waals surface area contributed by atoms with Gasteiger partial charge in [0.2, 0.25) is 0 Å². The molecule has 1 aliphatic heterocycles. The quantitative estimate of drug-likeness (QED) is 0.343. The average Bonchev–Trinajstić information content (AvgIpc) is 3.28. The number of ether oxygens (including phenoxy) is 1. The van der Waals surface area contributed by atoms with Gasteiger partial charge in [0.25, 0.3) is 5.91 Å². The van der Waals surface area contributed by atoms with Crippen molar-refractivity contribution in [2.75, 3.05) is 11.9 Å². The summed E-state index contributed by atoms with van der Waals surface area (Å²) in [4.78, 5) is 24.6. The van der Waals surface area contributed by atoms with Gasteiger partial charge in [0.15, 0.2) is 29.3 Å². The number of aliphatic hydroxyl groups excluding tert-OH is 2. The Morgan fingerprint density at radius 3 is 2.72 bits per heavy atom. The van der Waals surface area contributed by atoms with Crippen molar-refractivity contribution < 1.29 is 32.9 Å². The molecule has 1 fully saturated rings. The van der Waals surface area contributed by atoms with Gasteiger partial charge in [0.1, 0.15) is 25.1 Å². The first-order valence-electron chi connectivity index (χ1n) is 9.20. The molecule has 0 saturated carbocycles. The predicted molar refractivity (Wildman–Crippen MR) is 113 cm³/mol. The third-order valence-electron chi connectivity index (χ3n) is 4.68. The normalized spacial score (nSPS) is 23.4. The number of amides is 1. The second-order valence-corrected chi connectivity index (χ2v) is 8.19. The highest BCUT2D eigenvalue weighted by Gasteiger charge is 2.48. The number of anilines is 2. The van der Waals surface area contributed by atoms with E-state index < -0.39 is 43.2 Å². The summed E-state index contributed by atoms with van der Waals surface area (Å²) in [7, 11) is 0. The molecule has 170 valence electrons. The van der Waals surface area contributed by atoms with Gasteiger partial charge in [0.05, 0.1) is 6.33 Å². The van der Waals surface area contributed by atoms with Gasteiger partial charge in [-0.3, -0.25) is 9.36 Å². The summed E-state index contributed by atoms with van der Waals surface area (Å²) in [6.45, 7) is -1.59. The van der Waals surface area contributed by atoms with E-state index in [1.54, 1.807) is 5.32 Å². The molecular weight excluding hydrogens is 548 g/mol. The van der Waals surface area contributed by atoms with Crippen LogP contribution in [0.4, 0.5) is 24.7 Å². The van der Waals surface area contributed by atoms with E-state index in [-0.39, 0.29) is 5.65 Å². The Hall–Kier alpha value is -2.56. The summed E-state index contributed by atoms with van der Waals surface area (Å²) in [6, 6.07) is 7.49. The monoisotopic (exact) mass is 564 g/mol. The highest BCUT2D eigenvalue weighted by molar-refractivity contribution is 14.1. The van der Waals surface area contributed by atoms with Crippen molar-refractivity contribution in [2.24, 2.45) is 0 Å². The van der Waals surface area contributed by atoms with Crippen LogP contribution < -0.4 is 10.6 Å². The molecule has 0 bridgehead atoms. The van der Waals surface area contributed by atoms with Crippen LogP contribution in [-0.4, -0.2) is 66.7 Å². The van der Waals surface area contributed by atoms with Crippen molar-refractivity contribution in [3.05, 3.63) is 40.5 Å². The number of hydrogen-bond acceptors (Lipinski definition) is 8. The molecule has 1 saturated heterocycles. The number of nitrogens with one attached hydrogen (secondary N) is 2. The van der Waals surface area contributed by atoms with Crippen LogP contribution in [-0.2, 0) is 9.53 Å². The molecule has 4 atom stereocenters. The van der Waals surface area contributed by atoms with Gasteiger partial charge in [-0.15, -0.1) is 0 Å². The van der Waals surface area contributed by atoms with E-state index in [1.807, 2.05) is 24.3 Å². The van der Waals surface area contributed by atoms with Crippen LogP contribution in [0.5, 0.6) is 0 Å². The van der Waals surface area contributed by atoms with Gasteiger partial charge in [0, 0.05) is 9.26 Å². The Morgan fingerprint density at radius 2 is 2.00 bits per heavy atom. The van der Waals surface area contributed by atoms with Crippen molar-refractivity contribution in [3.8, 4) is 0 Å². The van der Waals surface area contributed by atoms with E-state index >= 15 is 0 Å². The van der Waals surface area contributed by atoms with E-state index in [0.717, 1.165) is 9.26 Å². The Labute approximate surface area is 192 Å². The number of halogens is 4. The van der Waals surface area contributed by atoms with Gasteiger partial charge >= 0.3 is 6.18 Å². The Balaban J connectivity index is 1.58. The van der Waals surface area contributed by atoms with Crippen LogP contribution in [0.25, 0.3) is 11.2 Å². The number of aliphatic hydroxyl groups is 2. The fourth-order valence-electron chi connectivity index (χ4n) is 3.23. The molecule has 0 aliphatic carbocycles. The molecule has 1 aromatic carbocycles. The molecule has 32 heavy (non-hydrogen) atoms. The number of aromatic nitrogens is 4. The number of carbonyl (C=O) groups is 1. The maximum Gasteiger partial charge on any atom is 0.405 e. The molecule has 2 aromatic heterocycles. The molecule has 4 rings (SSSR count). The number of benzene rings is 1. The van der Waals surface area contributed by atoms with Crippen LogP contribution in [0.15, 0.2) is 36.9 Å².